The third kappa shape index (κ3) is 19.1. The number of aliphatic carboxylic acids is 1. The highest BCUT2D eigenvalue weighted by atomic mass is 16.4. The number of nitrogens with zero attached hydrogens (tertiary/aromatic N) is 1. The number of rotatable bonds is 19. The third-order valence-corrected chi connectivity index (χ3v) is 6.19. The lowest BCUT2D eigenvalue weighted by molar-refractivity contribution is -0.149. The number of hydrogen-bond acceptors (Lipinski definition) is 3. The van der Waals surface area contributed by atoms with E-state index in [9.17, 15) is 4.79 Å². The molecule has 0 saturated carbocycles. The van der Waals surface area contributed by atoms with E-state index in [4.69, 9.17) is 10.8 Å². The van der Waals surface area contributed by atoms with Crippen molar-refractivity contribution < 1.29 is 9.90 Å². The van der Waals surface area contributed by atoms with Crippen molar-refractivity contribution >= 4 is 5.97 Å². The fourth-order valence-corrected chi connectivity index (χ4v) is 3.35. The van der Waals surface area contributed by atoms with E-state index < -0.39 is 11.5 Å². The van der Waals surface area contributed by atoms with Gasteiger partial charge in [0.2, 0.25) is 0 Å². The molecule has 0 fully saturated rings. The van der Waals surface area contributed by atoms with E-state index in [2.05, 4.69) is 6.92 Å². The number of nitrogens with two attached hydrogens (primary N) is 1. The molecule has 4 heteroatoms. The number of hydrogen-bond donors (Lipinski definition) is 2. The van der Waals surface area contributed by atoms with Crippen LogP contribution in [0.2, 0.25) is 0 Å². The first kappa shape index (κ1) is 30.6. The maximum absolute atomic E-state index is 10.7. The Bertz CT molecular complexity index is 332. The van der Waals surface area contributed by atoms with Crippen molar-refractivity contribution in [3.63, 3.8) is 0 Å². The zero-order valence-electron chi connectivity index (χ0n) is 20.6. The van der Waals surface area contributed by atoms with Crippen LogP contribution in [-0.4, -0.2) is 42.2 Å². The second kappa shape index (κ2) is 22.1. The molecule has 0 spiro atoms. The first-order valence-electron chi connectivity index (χ1n) is 12.5. The quantitative estimate of drug-likeness (QED) is 0.223. The van der Waals surface area contributed by atoms with Crippen molar-refractivity contribution in [2.45, 2.75) is 135 Å². The first-order chi connectivity index (χ1) is 13.9. The Labute approximate surface area is 183 Å². The van der Waals surface area contributed by atoms with Crippen molar-refractivity contribution in [1.82, 2.24) is 4.90 Å². The molecule has 0 aliphatic rings. The minimum absolute atomic E-state index is 0.620. The summed E-state index contributed by atoms with van der Waals surface area (Å²) in [6.07, 6.45) is 23.5. The van der Waals surface area contributed by atoms with Crippen molar-refractivity contribution in [1.29, 1.82) is 0 Å². The summed E-state index contributed by atoms with van der Waals surface area (Å²) in [6, 6.07) is 0. The predicted octanol–water partition coefficient (Wildman–Crippen LogP) is 7.01. The molecule has 3 N–H and O–H groups in total. The Hall–Kier alpha value is -0.610. The van der Waals surface area contributed by atoms with Gasteiger partial charge in [-0.05, 0) is 40.4 Å². The fourth-order valence-electron chi connectivity index (χ4n) is 3.35. The van der Waals surface area contributed by atoms with Gasteiger partial charge in [0.25, 0.3) is 0 Å². The predicted molar refractivity (Wildman–Crippen MR) is 129 cm³/mol. The van der Waals surface area contributed by atoms with E-state index in [1.807, 2.05) is 6.92 Å². The lowest BCUT2D eigenvalue weighted by Gasteiger charge is -2.30. The average Bonchev–Trinajstić information content (AvgIpc) is 2.70. The van der Waals surface area contributed by atoms with Gasteiger partial charge in [-0.1, -0.05) is 110 Å². The molecule has 0 aliphatic heterocycles. The molecule has 0 bridgehead atoms. The second-order valence-corrected chi connectivity index (χ2v) is 8.92. The van der Waals surface area contributed by atoms with Crippen molar-refractivity contribution in [2.75, 3.05) is 20.6 Å². The topological polar surface area (TPSA) is 66.6 Å². The number of unbranched alkanes of at least 4 members (excludes halogenated alkanes) is 15. The molecule has 0 aromatic rings. The number of likely N-dealkylation sites (N-methyl/N-ethyl adjacent to an activating group) is 1. The molecule has 0 aromatic carbocycles. The van der Waals surface area contributed by atoms with Crippen LogP contribution in [0.1, 0.15) is 130 Å². The van der Waals surface area contributed by atoms with Crippen molar-refractivity contribution in [3.8, 4) is 0 Å². The van der Waals surface area contributed by atoms with Crippen LogP contribution in [0, 0.1) is 0 Å². The van der Waals surface area contributed by atoms with E-state index in [1.165, 1.54) is 103 Å². The van der Waals surface area contributed by atoms with Crippen molar-refractivity contribution in [2.24, 2.45) is 5.73 Å². The van der Waals surface area contributed by atoms with E-state index >= 15 is 0 Å². The second-order valence-electron chi connectivity index (χ2n) is 8.92. The standard InChI is InChI=1S/C18H39N.C7H15NO2/c1-2-3-4-5-6-7-8-9-10-11-12-13-14-15-16-17-18-19;1-5-7(2,6(9)10)8(3)4/h2-19H2,1H3;5H2,1-4H3,(H,9,10). The smallest absolute Gasteiger partial charge is 0.323 e. The van der Waals surface area contributed by atoms with E-state index in [0.29, 0.717) is 6.42 Å². The Morgan fingerprint density at radius 3 is 1.21 bits per heavy atom. The van der Waals surface area contributed by atoms with Crippen LogP contribution in [0.5, 0.6) is 0 Å². The third-order valence-electron chi connectivity index (χ3n) is 6.19. The lowest BCUT2D eigenvalue weighted by Crippen LogP contribution is -2.47. The highest BCUT2D eigenvalue weighted by molar-refractivity contribution is 5.78. The molecule has 176 valence electrons. The van der Waals surface area contributed by atoms with Gasteiger partial charge in [0.05, 0.1) is 0 Å². The van der Waals surface area contributed by atoms with E-state index in [-0.39, 0.29) is 0 Å². The monoisotopic (exact) mass is 414 g/mol. The summed E-state index contributed by atoms with van der Waals surface area (Å²) in [5.41, 5.74) is 4.77. The van der Waals surface area contributed by atoms with Crippen LogP contribution in [0.25, 0.3) is 0 Å². The molecule has 0 heterocycles. The minimum Gasteiger partial charge on any atom is -0.480 e. The van der Waals surface area contributed by atoms with Gasteiger partial charge in [-0.3, -0.25) is 9.69 Å². The normalized spacial score (nSPS) is 13.1. The van der Waals surface area contributed by atoms with E-state index in [0.717, 1.165) is 6.54 Å². The first-order valence-corrected chi connectivity index (χ1v) is 12.5. The molecule has 0 radical (unpaired) electrons. The maximum Gasteiger partial charge on any atom is 0.323 e. The van der Waals surface area contributed by atoms with Crippen LogP contribution < -0.4 is 5.73 Å². The summed E-state index contributed by atoms with van der Waals surface area (Å²) in [5.74, 6) is -0.764. The largest absolute Gasteiger partial charge is 0.480 e. The van der Waals surface area contributed by atoms with E-state index in [1.54, 1.807) is 25.9 Å². The highest BCUT2D eigenvalue weighted by Crippen LogP contribution is 2.15. The van der Waals surface area contributed by atoms with Crippen molar-refractivity contribution in [3.05, 3.63) is 0 Å². The number of carboxylic acids is 1. The Balaban J connectivity index is 0. The molecule has 1 atom stereocenters. The minimum atomic E-state index is -0.764. The van der Waals surface area contributed by atoms with Crippen LogP contribution in [0.15, 0.2) is 0 Å². The molecule has 0 amide bonds. The molecule has 29 heavy (non-hydrogen) atoms. The summed E-state index contributed by atoms with van der Waals surface area (Å²) < 4.78 is 0. The zero-order chi connectivity index (χ0) is 22.4. The molecular weight excluding hydrogens is 360 g/mol. The summed E-state index contributed by atoms with van der Waals surface area (Å²) in [6.45, 7) is 6.75. The zero-order valence-corrected chi connectivity index (χ0v) is 20.6. The summed E-state index contributed by atoms with van der Waals surface area (Å²) in [7, 11) is 3.55. The van der Waals surface area contributed by atoms with Gasteiger partial charge in [-0.25, -0.2) is 0 Å². The summed E-state index contributed by atoms with van der Waals surface area (Å²) >= 11 is 0. The van der Waals surface area contributed by atoms with Gasteiger partial charge < -0.3 is 10.8 Å². The lowest BCUT2D eigenvalue weighted by atomic mass is 9.98. The molecule has 0 rings (SSSR count). The van der Waals surface area contributed by atoms with Crippen LogP contribution >= 0.6 is 0 Å². The molecule has 0 aliphatic carbocycles. The maximum atomic E-state index is 10.7. The summed E-state index contributed by atoms with van der Waals surface area (Å²) in [5, 5.41) is 8.76. The Morgan fingerprint density at radius 1 is 0.724 bits per heavy atom. The average molecular weight is 415 g/mol. The Morgan fingerprint density at radius 2 is 1.03 bits per heavy atom. The Kier molecular flexibility index (Phi) is 23.3. The fraction of sp³-hybridized carbons (Fsp3) is 0.960. The van der Waals surface area contributed by atoms with Crippen LogP contribution in [0.3, 0.4) is 0 Å². The number of carbonyl (C=O) groups is 1. The summed E-state index contributed by atoms with van der Waals surface area (Å²) in [4.78, 5) is 12.4. The van der Waals surface area contributed by atoms with Gasteiger partial charge in [-0.2, -0.15) is 0 Å². The number of carboxylic acid groups (broad SMARTS) is 1. The highest BCUT2D eigenvalue weighted by Gasteiger charge is 2.32. The molecule has 0 aromatic heterocycles. The van der Waals surface area contributed by atoms with Gasteiger partial charge >= 0.3 is 5.97 Å². The van der Waals surface area contributed by atoms with Crippen LogP contribution in [0.4, 0.5) is 0 Å². The SMILES string of the molecule is CCC(C)(C(=O)O)N(C)C.CCCCCCCCCCCCCCCCCCN. The molecular formula is C25H54N2O2. The molecule has 4 nitrogen and oxygen atoms in total. The van der Waals surface area contributed by atoms with Crippen LogP contribution in [-0.2, 0) is 4.79 Å². The molecule has 0 saturated heterocycles. The van der Waals surface area contributed by atoms with Gasteiger partial charge in [-0.15, -0.1) is 0 Å². The van der Waals surface area contributed by atoms with Gasteiger partial charge in [0.15, 0.2) is 0 Å². The van der Waals surface area contributed by atoms with Gasteiger partial charge in [0, 0.05) is 0 Å². The molecule has 1 unspecified atom stereocenters. The van der Waals surface area contributed by atoms with Gasteiger partial charge in [0.1, 0.15) is 5.54 Å².